The van der Waals surface area contributed by atoms with Gasteiger partial charge in [0.2, 0.25) is 0 Å². The monoisotopic (exact) mass is 213 g/mol. The molecule has 1 heterocycles. The molecule has 2 rings (SSSR count). The van der Waals surface area contributed by atoms with E-state index < -0.39 is 5.97 Å². The summed E-state index contributed by atoms with van der Waals surface area (Å²) in [4.78, 5) is 14.8. The van der Waals surface area contributed by atoms with Crippen LogP contribution in [0.15, 0.2) is 42.6 Å². The van der Waals surface area contributed by atoms with Crippen molar-refractivity contribution in [3.05, 3.63) is 48.2 Å². The molecule has 2 aromatic rings. The predicted octanol–water partition coefficient (Wildman–Crippen LogP) is 2.72. The molecule has 3 nitrogen and oxygen atoms in total. The minimum Gasteiger partial charge on any atom is -0.478 e. The number of carbonyl (C=O) groups is 1. The number of aromatic nitrogens is 1. The fourth-order valence-electron chi connectivity index (χ4n) is 1.56. The van der Waals surface area contributed by atoms with Crippen LogP contribution in [0.3, 0.4) is 0 Å². The van der Waals surface area contributed by atoms with Crippen LogP contribution in [0.2, 0.25) is 0 Å². The van der Waals surface area contributed by atoms with Gasteiger partial charge in [0.1, 0.15) is 0 Å². The maximum atomic E-state index is 10.5. The number of pyridine rings is 1. The molecule has 0 saturated carbocycles. The van der Waals surface area contributed by atoms with Gasteiger partial charge < -0.3 is 5.11 Å². The van der Waals surface area contributed by atoms with Crippen molar-refractivity contribution >= 4 is 22.4 Å². The molecule has 0 fully saturated rings. The number of aliphatic carboxylic acids is 1. The van der Waals surface area contributed by atoms with Gasteiger partial charge in [-0.1, -0.05) is 18.2 Å². The molecule has 0 aliphatic heterocycles. The first kappa shape index (κ1) is 10.4. The van der Waals surface area contributed by atoms with Gasteiger partial charge in [-0.2, -0.15) is 0 Å². The Morgan fingerprint density at radius 1 is 1.38 bits per heavy atom. The molecule has 0 atom stereocenters. The van der Waals surface area contributed by atoms with Crippen molar-refractivity contribution < 1.29 is 9.90 Å². The third-order valence-corrected chi connectivity index (χ3v) is 2.39. The maximum absolute atomic E-state index is 10.5. The van der Waals surface area contributed by atoms with E-state index in [1.165, 1.54) is 6.08 Å². The molecule has 0 aliphatic carbocycles. The summed E-state index contributed by atoms with van der Waals surface area (Å²) in [5, 5.41) is 9.67. The van der Waals surface area contributed by atoms with Crippen LogP contribution in [0.4, 0.5) is 0 Å². The average molecular weight is 213 g/mol. The Morgan fingerprint density at radius 2 is 2.12 bits per heavy atom. The second-order valence-corrected chi connectivity index (χ2v) is 3.58. The smallest absolute Gasteiger partial charge is 0.328 e. The lowest BCUT2D eigenvalue weighted by molar-refractivity contribution is -0.131. The molecule has 0 amide bonds. The SMILES string of the molecule is C/C(=C/C(=O)O)c1cnc2ccccc2c1. The average Bonchev–Trinajstić information content (AvgIpc) is 2.27. The van der Waals surface area contributed by atoms with Crippen LogP contribution >= 0.6 is 0 Å². The van der Waals surface area contributed by atoms with Crippen molar-refractivity contribution in [1.29, 1.82) is 0 Å². The van der Waals surface area contributed by atoms with Gasteiger partial charge in [0.15, 0.2) is 0 Å². The fraction of sp³-hybridized carbons (Fsp3) is 0.0769. The normalized spacial score (nSPS) is 11.7. The summed E-state index contributed by atoms with van der Waals surface area (Å²) in [7, 11) is 0. The highest BCUT2D eigenvalue weighted by Crippen LogP contribution is 2.18. The van der Waals surface area contributed by atoms with Crippen molar-refractivity contribution in [2.75, 3.05) is 0 Å². The molecule has 1 N–H and O–H groups in total. The molecule has 0 unspecified atom stereocenters. The lowest BCUT2D eigenvalue weighted by Gasteiger charge is -2.02. The van der Waals surface area contributed by atoms with E-state index in [9.17, 15) is 4.79 Å². The third-order valence-electron chi connectivity index (χ3n) is 2.39. The molecule has 80 valence electrons. The number of carboxylic acids is 1. The first-order valence-electron chi connectivity index (χ1n) is 4.93. The van der Waals surface area contributed by atoms with Gasteiger partial charge in [-0.05, 0) is 30.2 Å². The number of carboxylic acid groups (broad SMARTS) is 1. The highest BCUT2D eigenvalue weighted by molar-refractivity contribution is 5.91. The van der Waals surface area contributed by atoms with E-state index in [0.717, 1.165) is 16.5 Å². The van der Waals surface area contributed by atoms with E-state index in [1.807, 2.05) is 30.3 Å². The van der Waals surface area contributed by atoms with Crippen molar-refractivity contribution in [2.24, 2.45) is 0 Å². The summed E-state index contributed by atoms with van der Waals surface area (Å²) < 4.78 is 0. The van der Waals surface area contributed by atoms with Gasteiger partial charge in [-0.3, -0.25) is 4.98 Å². The van der Waals surface area contributed by atoms with E-state index in [4.69, 9.17) is 5.11 Å². The van der Waals surface area contributed by atoms with Gasteiger partial charge in [0.05, 0.1) is 5.52 Å². The van der Waals surface area contributed by atoms with Crippen LogP contribution in [-0.2, 0) is 4.79 Å². The van der Waals surface area contributed by atoms with E-state index in [-0.39, 0.29) is 0 Å². The molecule has 0 bridgehead atoms. The Bertz CT molecular complexity index is 573. The minimum atomic E-state index is -0.939. The zero-order chi connectivity index (χ0) is 11.5. The zero-order valence-electron chi connectivity index (χ0n) is 8.84. The van der Waals surface area contributed by atoms with E-state index >= 15 is 0 Å². The third kappa shape index (κ3) is 2.08. The molecule has 0 radical (unpaired) electrons. The highest BCUT2D eigenvalue weighted by Gasteiger charge is 2.01. The molecule has 0 aliphatic rings. The highest BCUT2D eigenvalue weighted by atomic mass is 16.4. The summed E-state index contributed by atoms with van der Waals surface area (Å²) in [6.45, 7) is 1.76. The maximum Gasteiger partial charge on any atom is 0.328 e. The second kappa shape index (κ2) is 4.14. The number of rotatable bonds is 2. The van der Waals surface area contributed by atoms with Gasteiger partial charge >= 0.3 is 5.97 Å². The molecule has 16 heavy (non-hydrogen) atoms. The molecule has 0 spiro atoms. The summed E-state index contributed by atoms with van der Waals surface area (Å²) in [6, 6.07) is 9.69. The molecule has 3 heteroatoms. The van der Waals surface area contributed by atoms with Crippen LogP contribution < -0.4 is 0 Å². The van der Waals surface area contributed by atoms with Gasteiger partial charge in [-0.15, -0.1) is 0 Å². The molecule has 0 saturated heterocycles. The lowest BCUT2D eigenvalue weighted by atomic mass is 10.1. The second-order valence-electron chi connectivity index (χ2n) is 3.58. The number of nitrogens with zero attached hydrogens (tertiary/aromatic N) is 1. The predicted molar refractivity (Wildman–Crippen MR) is 63.0 cm³/mol. The number of hydrogen-bond acceptors (Lipinski definition) is 2. The number of fused-ring (bicyclic) bond motifs is 1. The number of benzene rings is 1. The van der Waals surface area contributed by atoms with Crippen LogP contribution in [0.25, 0.3) is 16.5 Å². The molecular weight excluding hydrogens is 202 g/mol. The summed E-state index contributed by atoms with van der Waals surface area (Å²) >= 11 is 0. The van der Waals surface area contributed by atoms with Crippen LogP contribution in [-0.4, -0.2) is 16.1 Å². The summed E-state index contributed by atoms with van der Waals surface area (Å²) in [6.07, 6.45) is 2.88. The summed E-state index contributed by atoms with van der Waals surface area (Å²) in [5.41, 5.74) is 2.45. The Hall–Kier alpha value is -2.16. The lowest BCUT2D eigenvalue weighted by Crippen LogP contribution is -1.91. The Morgan fingerprint density at radius 3 is 2.88 bits per heavy atom. The molecular formula is C13H11NO2. The number of para-hydroxylation sites is 1. The fourth-order valence-corrected chi connectivity index (χ4v) is 1.56. The van der Waals surface area contributed by atoms with Crippen LogP contribution in [0.5, 0.6) is 0 Å². The minimum absolute atomic E-state index is 0.700. The molecule has 1 aromatic carbocycles. The van der Waals surface area contributed by atoms with Gasteiger partial charge in [0.25, 0.3) is 0 Å². The van der Waals surface area contributed by atoms with Crippen LogP contribution in [0, 0.1) is 0 Å². The van der Waals surface area contributed by atoms with E-state index in [0.29, 0.717) is 5.57 Å². The van der Waals surface area contributed by atoms with Crippen LogP contribution in [0.1, 0.15) is 12.5 Å². The standard InChI is InChI=1S/C13H11NO2/c1-9(6-13(15)16)11-7-10-4-2-3-5-12(10)14-8-11/h2-8H,1H3,(H,15,16)/b9-6-. The topological polar surface area (TPSA) is 50.2 Å². The molecule has 1 aromatic heterocycles. The summed E-state index contributed by atoms with van der Waals surface area (Å²) in [5.74, 6) is -0.939. The van der Waals surface area contributed by atoms with Gasteiger partial charge in [0, 0.05) is 17.7 Å². The quantitative estimate of drug-likeness (QED) is 0.780. The van der Waals surface area contributed by atoms with Gasteiger partial charge in [-0.25, -0.2) is 4.79 Å². The van der Waals surface area contributed by atoms with E-state index in [1.54, 1.807) is 13.1 Å². The Balaban J connectivity index is 2.51. The number of hydrogen-bond donors (Lipinski definition) is 1. The largest absolute Gasteiger partial charge is 0.478 e. The Labute approximate surface area is 93.1 Å². The van der Waals surface area contributed by atoms with E-state index in [2.05, 4.69) is 4.98 Å². The first-order chi connectivity index (χ1) is 7.66. The van der Waals surface area contributed by atoms with Crippen molar-refractivity contribution in [3.63, 3.8) is 0 Å². The zero-order valence-corrected chi connectivity index (χ0v) is 8.84. The Kier molecular flexibility index (Phi) is 2.68. The van der Waals surface area contributed by atoms with Crippen molar-refractivity contribution in [1.82, 2.24) is 4.98 Å². The number of allylic oxidation sites excluding steroid dienone is 1. The first-order valence-corrected chi connectivity index (χ1v) is 4.93. The van der Waals surface area contributed by atoms with Crippen molar-refractivity contribution in [2.45, 2.75) is 6.92 Å². The van der Waals surface area contributed by atoms with Crippen molar-refractivity contribution in [3.8, 4) is 0 Å².